The highest BCUT2D eigenvalue weighted by Crippen LogP contribution is 2.26. The van der Waals surface area contributed by atoms with Crippen LogP contribution in [0.25, 0.3) is 0 Å². The number of para-hydroxylation sites is 1. The van der Waals surface area contributed by atoms with Crippen molar-refractivity contribution in [1.82, 2.24) is 10.6 Å². The average molecular weight is 329 g/mol. The number of amides is 3. The van der Waals surface area contributed by atoms with Crippen molar-refractivity contribution in [2.75, 3.05) is 18.0 Å². The molecule has 0 saturated carbocycles. The lowest BCUT2D eigenvalue weighted by Gasteiger charge is -2.30. The molecule has 6 heteroatoms. The quantitative estimate of drug-likeness (QED) is 0.906. The summed E-state index contributed by atoms with van der Waals surface area (Å²) >= 11 is 1.57. The molecule has 1 aliphatic heterocycles. The first-order valence-electron chi connectivity index (χ1n) is 7.65. The molecule has 3 rings (SSSR count). The van der Waals surface area contributed by atoms with Crippen LogP contribution in [0.2, 0.25) is 0 Å². The van der Waals surface area contributed by atoms with Crippen LogP contribution in [0, 0.1) is 0 Å². The third-order valence-corrected chi connectivity index (χ3v) is 4.67. The molecule has 1 aromatic carbocycles. The van der Waals surface area contributed by atoms with Crippen LogP contribution in [-0.4, -0.2) is 25.0 Å². The number of nitrogens with zero attached hydrogens (tertiary/aromatic N) is 1. The Labute approximate surface area is 139 Å². The van der Waals surface area contributed by atoms with Crippen LogP contribution in [0.3, 0.4) is 0 Å². The summed E-state index contributed by atoms with van der Waals surface area (Å²) < 4.78 is 0. The van der Waals surface area contributed by atoms with Crippen molar-refractivity contribution >= 4 is 29.0 Å². The Kier molecular flexibility index (Phi) is 4.92. The molecule has 120 valence electrons. The van der Waals surface area contributed by atoms with Crippen LogP contribution >= 0.6 is 11.3 Å². The molecule has 0 spiro atoms. The summed E-state index contributed by atoms with van der Waals surface area (Å²) in [7, 11) is 0. The number of nitrogens with one attached hydrogen (secondary N) is 2. The molecule has 0 saturated heterocycles. The van der Waals surface area contributed by atoms with Crippen LogP contribution in [-0.2, 0) is 17.8 Å². The fourth-order valence-corrected chi connectivity index (χ4v) is 3.38. The van der Waals surface area contributed by atoms with Crippen molar-refractivity contribution in [1.29, 1.82) is 0 Å². The van der Waals surface area contributed by atoms with Crippen molar-refractivity contribution in [3.05, 3.63) is 52.2 Å². The zero-order valence-corrected chi connectivity index (χ0v) is 13.6. The molecule has 0 bridgehead atoms. The van der Waals surface area contributed by atoms with Gasteiger partial charge in [0.15, 0.2) is 0 Å². The van der Waals surface area contributed by atoms with Crippen LogP contribution in [0.15, 0.2) is 41.8 Å². The first kappa shape index (κ1) is 15.6. The first-order valence-corrected chi connectivity index (χ1v) is 8.53. The van der Waals surface area contributed by atoms with E-state index >= 15 is 0 Å². The van der Waals surface area contributed by atoms with Gasteiger partial charge in [-0.3, -0.25) is 10.1 Å². The predicted molar refractivity (Wildman–Crippen MR) is 91.7 cm³/mol. The van der Waals surface area contributed by atoms with Crippen LogP contribution in [0.4, 0.5) is 10.5 Å². The number of anilines is 1. The van der Waals surface area contributed by atoms with Gasteiger partial charge in [-0.1, -0.05) is 24.3 Å². The van der Waals surface area contributed by atoms with Crippen LogP contribution in [0.1, 0.15) is 16.9 Å². The Balaban J connectivity index is 1.51. The summed E-state index contributed by atoms with van der Waals surface area (Å²) in [4.78, 5) is 26.9. The van der Waals surface area contributed by atoms with E-state index in [1.165, 1.54) is 5.56 Å². The Morgan fingerprint density at radius 1 is 1.17 bits per heavy atom. The largest absolute Gasteiger partial charge is 0.362 e. The number of carbonyl (C=O) groups is 2. The van der Waals surface area contributed by atoms with Gasteiger partial charge in [-0.2, -0.15) is 0 Å². The number of thiophene rings is 1. The van der Waals surface area contributed by atoms with E-state index in [1.807, 2.05) is 40.6 Å². The Morgan fingerprint density at radius 2 is 2.04 bits per heavy atom. The second kappa shape index (κ2) is 7.28. The van der Waals surface area contributed by atoms with Crippen LogP contribution in [0.5, 0.6) is 0 Å². The molecule has 2 heterocycles. The molecule has 0 unspecified atom stereocenters. The Bertz CT molecular complexity index is 685. The van der Waals surface area contributed by atoms with Crippen molar-refractivity contribution in [2.45, 2.75) is 19.4 Å². The first-order chi connectivity index (χ1) is 11.2. The number of hydrogen-bond donors (Lipinski definition) is 2. The minimum atomic E-state index is -0.450. The highest BCUT2D eigenvalue weighted by Gasteiger charge is 2.19. The zero-order valence-electron chi connectivity index (χ0n) is 12.7. The summed E-state index contributed by atoms with van der Waals surface area (Å²) in [5.41, 5.74) is 2.35. The molecule has 3 amide bonds. The number of hydrogen-bond acceptors (Lipinski definition) is 4. The number of carbonyl (C=O) groups excluding carboxylic acids is 2. The Hall–Kier alpha value is -2.34. The van der Waals surface area contributed by atoms with E-state index in [0.29, 0.717) is 6.54 Å². The molecule has 2 N–H and O–H groups in total. The van der Waals surface area contributed by atoms with E-state index < -0.39 is 6.03 Å². The molecular formula is C17H19N3O2S. The average Bonchev–Trinajstić information content (AvgIpc) is 3.07. The van der Waals surface area contributed by atoms with E-state index in [2.05, 4.69) is 16.7 Å². The maximum absolute atomic E-state index is 12.1. The van der Waals surface area contributed by atoms with Crippen LogP contribution < -0.4 is 15.5 Å². The maximum atomic E-state index is 12.1. The van der Waals surface area contributed by atoms with Gasteiger partial charge in [0.1, 0.15) is 0 Å². The fourth-order valence-electron chi connectivity index (χ4n) is 2.74. The second-order valence-corrected chi connectivity index (χ2v) is 6.50. The molecule has 0 fully saturated rings. The van der Waals surface area contributed by atoms with Gasteiger partial charge in [-0.25, -0.2) is 4.79 Å². The van der Waals surface area contributed by atoms with E-state index in [1.54, 1.807) is 11.3 Å². The second-order valence-electron chi connectivity index (χ2n) is 5.46. The molecule has 23 heavy (non-hydrogen) atoms. The van der Waals surface area contributed by atoms with E-state index in [0.717, 1.165) is 30.0 Å². The molecule has 2 aromatic rings. The van der Waals surface area contributed by atoms with Gasteiger partial charge >= 0.3 is 6.03 Å². The number of fused-ring (bicyclic) bond motifs is 1. The van der Waals surface area contributed by atoms with Crippen molar-refractivity contribution < 1.29 is 9.59 Å². The third-order valence-electron chi connectivity index (χ3n) is 3.80. The maximum Gasteiger partial charge on any atom is 0.321 e. The lowest BCUT2D eigenvalue weighted by Crippen LogP contribution is -2.45. The number of benzene rings is 1. The zero-order chi connectivity index (χ0) is 16.1. The van der Waals surface area contributed by atoms with Gasteiger partial charge in [-0.05, 0) is 35.9 Å². The fraction of sp³-hybridized carbons (Fsp3) is 0.294. The van der Waals surface area contributed by atoms with Gasteiger partial charge < -0.3 is 10.2 Å². The molecule has 5 nitrogen and oxygen atoms in total. The van der Waals surface area contributed by atoms with Crippen molar-refractivity contribution in [2.24, 2.45) is 0 Å². The minimum absolute atomic E-state index is 0.198. The molecule has 0 aliphatic carbocycles. The lowest BCUT2D eigenvalue weighted by molar-refractivity contribution is -0.118. The highest BCUT2D eigenvalue weighted by atomic mass is 32.1. The summed E-state index contributed by atoms with van der Waals surface area (Å²) in [5.74, 6) is -0.287. The van der Waals surface area contributed by atoms with E-state index in [-0.39, 0.29) is 12.5 Å². The molecule has 0 radical (unpaired) electrons. The monoisotopic (exact) mass is 329 g/mol. The molecular weight excluding hydrogens is 310 g/mol. The summed E-state index contributed by atoms with van der Waals surface area (Å²) in [6.45, 7) is 1.47. The minimum Gasteiger partial charge on any atom is -0.362 e. The normalized spacial score (nSPS) is 13.3. The summed E-state index contributed by atoms with van der Waals surface area (Å²) in [6.07, 6.45) is 2.06. The highest BCUT2D eigenvalue weighted by molar-refractivity contribution is 7.09. The van der Waals surface area contributed by atoms with Gasteiger partial charge in [-0.15, -0.1) is 11.3 Å². The standard InChI is InChI=1S/C17H19N3O2S/c21-16(19-17(22)18-11-14-7-4-10-23-14)12-20-9-3-6-13-5-1-2-8-15(13)20/h1-2,4-5,7-8,10H,3,6,9,11-12H2,(H2,18,19,21,22). The van der Waals surface area contributed by atoms with E-state index in [9.17, 15) is 9.59 Å². The summed E-state index contributed by atoms with van der Waals surface area (Å²) in [5, 5.41) is 7.04. The predicted octanol–water partition coefficient (Wildman–Crippen LogP) is 2.53. The van der Waals surface area contributed by atoms with Gasteiger partial charge in [0.2, 0.25) is 5.91 Å². The van der Waals surface area contributed by atoms with Gasteiger partial charge in [0.05, 0.1) is 13.1 Å². The lowest BCUT2D eigenvalue weighted by atomic mass is 10.0. The number of urea groups is 1. The number of imide groups is 1. The molecule has 0 atom stereocenters. The van der Waals surface area contributed by atoms with Gasteiger partial charge in [0, 0.05) is 17.1 Å². The smallest absolute Gasteiger partial charge is 0.321 e. The molecule has 1 aromatic heterocycles. The SMILES string of the molecule is O=C(CN1CCCc2ccccc21)NC(=O)NCc1cccs1. The van der Waals surface area contributed by atoms with E-state index in [4.69, 9.17) is 0 Å². The number of rotatable bonds is 4. The van der Waals surface area contributed by atoms with Crippen molar-refractivity contribution in [3.8, 4) is 0 Å². The number of aryl methyl sites for hydroxylation is 1. The third kappa shape index (κ3) is 4.10. The van der Waals surface area contributed by atoms with Gasteiger partial charge in [0.25, 0.3) is 0 Å². The topological polar surface area (TPSA) is 61.4 Å². The molecule has 1 aliphatic rings. The van der Waals surface area contributed by atoms with Crippen molar-refractivity contribution in [3.63, 3.8) is 0 Å². The Morgan fingerprint density at radius 3 is 2.87 bits per heavy atom. The summed E-state index contributed by atoms with van der Waals surface area (Å²) in [6, 6.07) is 11.5.